The first-order valence-corrected chi connectivity index (χ1v) is 13.6. The van der Waals surface area contributed by atoms with Crippen LogP contribution in [0.25, 0.3) is 11.1 Å². The number of hydrogen-bond acceptors (Lipinski definition) is 5. The van der Waals surface area contributed by atoms with E-state index in [4.69, 9.17) is 10.2 Å². The van der Waals surface area contributed by atoms with Gasteiger partial charge >= 0.3 is 5.76 Å². The van der Waals surface area contributed by atoms with Crippen molar-refractivity contribution >= 4 is 22.7 Å². The highest BCUT2D eigenvalue weighted by molar-refractivity contribution is 6.00. The molecule has 4 rings (SSSR count). The Hall–Kier alpha value is -3.87. The molecule has 2 aromatic carbocycles. The monoisotopic (exact) mass is 532 g/mol. The van der Waals surface area contributed by atoms with Crippen LogP contribution in [0.2, 0.25) is 0 Å². The highest BCUT2D eigenvalue weighted by Gasteiger charge is 2.24. The lowest BCUT2D eigenvalue weighted by Crippen LogP contribution is -2.28. The Bertz CT molecular complexity index is 1340. The van der Waals surface area contributed by atoms with E-state index in [0.29, 0.717) is 28.4 Å². The first-order chi connectivity index (χ1) is 18.5. The highest BCUT2D eigenvalue weighted by atomic mass is 16.4. The number of aromatic amines is 1. The third kappa shape index (κ3) is 9.74. The maximum Gasteiger partial charge on any atom is 0.417 e. The number of hydrogen-bond donors (Lipinski definition) is 2. The molecule has 210 valence electrons. The summed E-state index contributed by atoms with van der Waals surface area (Å²) >= 11 is 0. The van der Waals surface area contributed by atoms with Crippen LogP contribution in [0.15, 0.2) is 74.7 Å². The van der Waals surface area contributed by atoms with E-state index in [2.05, 4.69) is 82.4 Å². The minimum Gasteiger partial charge on any atom is -0.408 e. The normalized spacial score (nSPS) is 15.4. The van der Waals surface area contributed by atoms with Gasteiger partial charge in [0.05, 0.1) is 5.52 Å². The molecule has 3 N–H and O–H groups in total. The zero-order valence-corrected chi connectivity index (χ0v) is 24.6. The molecular weight excluding hydrogens is 488 g/mol. The number of oxazole rings is 1. The maximum absolute atomic E-state index is 12.2. The smallest absolute Gasteiger partial charge is 0.408 e. The molecule has 1 aliphatic rings. The van der Waals surface area contributed by atoms with E-state index in [-0.39, 0.29) is 5.91 Å². The van der Waals surface area contributed by atoms with Gasteiger partial charge in [-0.15, -0.1) is 0 Å². The van der Waals surface area contributed by atoms with Crippen LogP contribution in [0, 0.1) is 26.7 Å². The summed E-state index contributed by atoms with van der Waals surface area (Å²) in [4.78, 5) is 31.9. The molecule has 1 aliphatic heterocycles. The molecule has 1 aromatic heterocycles. The van der Waals surface area contributed by atoms with Gasteiger partial charge in [0.2, 0.25) is 0 Å². The zero-order valence-electron chi connectivity index (χ0n) is 24.6. The predicted octanol–water partition coefficient (Wildman–Crippen LogP) is 6.84. The lowest BCUT2D eigenvalue weighted by atomic mass is 10.1. The summed E-state index contributed by atoms with van der Waals surface area (Å²) in [5.74, 6) is 0.456. The lowest BCUT2D eigenvalue weighted by molar-refractivity contribution is 0.0788. The molecule has 0 radical (unpaired) electrons. The third-order valence-corrected chi connectivity index (χ3v) is 6.46. The van der Waals surface area contributed by atoms with Gasteiger partial charge in [-0.3, -0.25) is 9.78 Å². The predicted molar refractivity (Wildman–Crippen MR) is 162 cm³/mol. The number of carbonyl (C=O) groups excluding carboxylic acids is 1. The van der Waals surface area contributed by atoms with Crippen molar-refractivity contribution in [3.63, 3.8) is 0 Å². The van der Waals surface area contributed by atoms with Gasteiger partial charge in [-0.25, -0.2) is 9.79 Å². The average molecular weight is 533 g/mol. The number of allylic oxidation sites excluding steroid dienone is 2. The first-order valence-electron chi connectivity index (χ1n) is 13.6. The number of aryl methyl sites for hydroxylation is 3. The third-order valence-electron chi connectivity index (χ3n) is 6.46. The largest absolute Gasteiger partial charge is 0.417 e. The summed E-state index contributed by atoms with van der Waals surface area (Å²) in [5, 5.41) is 0. The number of H-pyrrole nitrogens is 1. The molecule has 1 amide bonds. The summed E-state index contributed by atoms with van der Waals surface area (Å²) in [7, 11) is 0. The van der Waals surface area contributed by atoms with Gasteiger partial charge in [-0.2, -0.15) is 0 Å². The fraction of sp³-hybridized carbons (Fsp3) is 0.406. The molecule has 0 saturated carbocycles. The van der Waals surface area contributed by atoms with Crippen LogP contribution < -0.4 is 11.5 Å². The second-order valence-corrected chi connectivity index (χ2v) is 10.1. The quantitative estimate of drug-likeness (QED) is 0.351. The number of nitrogens with two attached hydrogens (primary N) is 1. The fourth-order valence-corrected chi connectivity index (χ4v) is 4.71. The number of benzene rings is 2. The second kappa shape index (κ2) is 14.9. The Morgan fingerprint density at radius 1 is 1.13 bits per heavy atom. The maximum atomic E-state index is 12.2. The number of carbonyl (C=O) groups is 1. The van der Waals surface area contributed by atoms with Crippen molar-refractivity contribution in [1.29, 1.82) is 0 Å². The van der Waals surface area contributed by atoms with Crippen molar-refractivity contribution in [2.24, 2.45) is 16.6 Å². The molecule has 7 nitrogen and oxygen atoms in total. The number of amides is 1. The molecule has 0 aliphatic carbocycles. The molecule has 0 bridgehead atoms. The van der Waals surface area contributed by atoms with Crippen LogP contribution in [0.3, 0.4) is 0 Å². The van der Waals surface area contributed by atoms with E-state index in [1.807, 2.05) is 11.8 Å². The van der Waals surface area contributed by atoms with Gasteiger partial charge in [0.15, 0.2) is 5.58 Å². The average Bonchev–Trinajstić information content (AvgIpc) is 3.47. The van der Waals surface area contributed by atoms with Gasteiger partial charge in [0.25, 0.3) is 5.91 Å². The summed E-state index contributed by atoms with van der Waals surface area (Å²) in [6, 6.07) is 11.6. The Morgan fingerprint density at radius 2 is 1.74 bits per heavy atom. The summed E-state index contributed by atoms with van der Waals surface area (Å²) in [6.45, 7) is 19.9. The van der Waals surface area contributed by atoms with E-state index in [1.54, 1.807) is 18.2 Å². The lowest BCUT2D eigenvalue weighted by Gasteiger charge is -2.15. The van der Waals surface area contributed by atoms with Gasteiger partial charge in [0, 0.05) is 24.4 Å². The minimum atomic E-state index is -0.496. The van der Waals surface area contributed by atoms with Crippen molar-refractivity contribution < 1.29 is 9.21 Å². The number of aliphatic imine (C=N–C) groups is 1. The van der Waals surface area contributed by atoms with Crippen LogP contribution in [-0.4, -0.2) is 34.6 Å². The van der Waals surface area contributed by atoms with E-state index >= 15 is 0 Å². The molecule has 1 fully saturated rings. The molecule has 1 atom stereocenters. The molecule has 39 heavy (non-hydrogen) atoms. The highest BCUT2D eigenvalue weighted by Crippen LogP contribution is 2.20. The van der Waals surface area contributed by atoms with Crippen molar-refractivity contribution in [2.75, 3.05) is 13.1 Å². The topological polar surface area (TPSA) is 105 Å². The van der Waals surface area contributed by atoms with Crippen molar-refractivity contribution in [3.8, 4) is 0 Å². The molecule has 1 saturated heterocycles. The Kier molecular flexibility index (Phi) is 12.0. The van der Waals surface area contributed by atoms with Crippen molar-refractivity contribution in [2.45, 2.75) is 67.7 Å². The van der Waals surface area contributed by atoms with E-state index in [1.165, 1.54) is 22.3 Å². The molecule has 7 heteroatoms. The molecular formula is C32H44N4O3. The number of likely N-dealkylation sites (tertiary alicyclic amines) is 1. The summed E-state index contributed by atoms with van der Waals surface area (Å²) in [6.07, 6.45) is 5.03. The Labute approximate surface area is 232 Å². The van der Waals surface area contributed by atoms with Crippen LogP contribution in [0.5, 0.6) is 0 Å². The van der Waals surface area contributed by atoms with Gasteiger partial charge in [0.1, 0.15) is 5.82 Å². The van der Waals surface area contributed by atoms with Crippen LogP contribution in [0.4, 0.5) is 0 Å². The number of aromatic nitrogens is 1. The zero-order chi connectivity index (χ0) is 29.1. The number of nitrogens with zero attached hydrogens (tertiary/aromatic N) is 2. The first kappa shape index (κ1) is 31.3. The summed E-state index contributed by atoms with van der Waals surface area (Å²) < 4.78 is 4.96. The van der Waals surface area contributed by atoms with Crippen LogP contribution >= 0.6 is 0 Å². The molecule has 0 spiro atoms. The summed E-state index contributed by atoms with van der Waals surface area (Å²) in [5.41, 5.74) is 13.4. The van der Waals surface area contributed by atoms with Gasteiger partial charge in [-0.1, -0.05) is 68.3 Å². The SMILES string of the molecule is C=C(N)/N=C(CC)\C(=C/C)CC.CC1CCN(C(=O)c2ccc3[nH]c(=O)oc3c2)C1.Cc1cc(C)cc(C)c1. The molecule has 1 unspecified atom stereocenters. The van der Waals surface area contributed by atoms with E-state index < -0.39 is 5.76 Å². The van der Waals surface area contributed by atoms with Crippen molar-refractivity contribution in [3.05, 3.63) is 93.3 Å². The van der Waals surface area contributed by atoms with Crippen LogP contribution in [-0.2, 0) is 0 Å². The second-order valence-electron chi connectivity index (χ2n) is 10.1. The van der Waals surface area contributed by atoms with E-state index in [0.717, 1.165) is 38.1 Å². The van der Waals surface area contributed by atoms with Crippen LogP contribution in [0.1, 0.15) is 74.0 Å². The number of fused-ring (bicyclic) bond motifs is 1. The number of rotatable bonds is 5. The van der Waals surface area contributed by atoms with Gasteiger partial charge in [-0.05, 0) is 76.6 Å². The standard InChI is InChI=1S/C13H14N2O3.C10H18N2.C9H12/c1-8-4-5-15(7-8)12(16)9-2-3-10-11(6-9)18-13(17)14-10;1-5-9(6-2)10(7-3)12-8(4)11;1-7-4-8(2)6-9(3)5-7/h2-3,6,8H,4-5,7H2,1H3,(H,14,17);5H,4,6-7,11H2,1-3H3;4-6H,1-3H3/b;9-5-,12-10-;. The molecule has 2 heterocycles. The van der Waals surface area contributed by atoms with Gasteiger partial charge < -0.3 is 15.1 Å². The van der Waals surface area contributed by atoms with Crippen molar-refractivity contribution in [1.82, 2.24) is 9.88 Å². The van der Waals surface area contributed by atoms with E-state index in [9.17, 15) is 9.59 Å². The minimum absolute atomic E-state index is 0.00472. The fourth-order valence-electron chi connectivity index (χ4n) is 4.71. The Morgan fingerprint density at radius 3 is 2.21 bits per heavy atom. The molecule has 3 aromatic rings. The number of nitrogens with one attached hydrogen (secondary N) is 1. The Balaban J connectivity index is 0.000000221.